The Morgan fingerprint density at radius 1 is 1.05 bits per heavy atom. The van der Waals surface area contributed by atoms with Crippen molar-refractivity contribution >= 4 is 42.2 Å². The molecule has 4 aromatic rings. The number of pyridine rings is 1. The van der Waals surface area contributed by atoms with Gasteiger partial charge in [0.1, 0.15) is 7.05 Å². The van der Waals surface area contributed by atoms with Crippen molar-refractivity contribution in [3.8, 4) is 11.3 Å². The van der Waals surface area contributed by atoms with Crippen LogP contribution in [0, 0.1) is 6.92 Å². The van der Waals surface area contributed by atoms with Crippen molar-refractivity contribution in [2.75, 3.05) is 0 Å². The van der Waals surface area contributed by atoms with Crippen molar-refractivity contribution < 1.29 is 4.57 Å². The normalized spacial score (nSPS) is 11.5. The maximum absolute atomic E-state index is 2.25. The molecule has 0 saturated heterocycles. The SMILES string of the molecule is Cc1ccccc1-c1c2c(cc[n+]1C)sc1sccc12. The number of aromatic nitrogens is 1. The van der Waals surface area contributed by atoms with Crippen molar-refractivity contribution in [1.82, 2.24) is 0 Å². The highest BCUT2D eigenvalue weighted by Gasteiger charge is 2.20. The molecule has 0 aliphatic heterocycles. The Kier molecular flexibility index (Phi) is 2.65. The average Bonchev–Trinajstić information content (AvgIpc) is 3.01. The molecule has 0 bridgehead atoms. The molecule has 0 radical (unpaired) electrons. The number of thiophene rings is 2. The van der Waals surface area contributed by atoms with Gasteiger partial charge >= 0.3 is 0 Å². The summed E-state index contributed by atoms with van der Waals surface area (Å²) >= 11 is 3.73. The summed E-state index contributed by atoms with van der Waals surface area (Å²) < 4.78 is 5.04. The summed E-state index contributed by atoms with van der Waals surface area (Å²) in [5.74, 6) is 0. The number of nitrogens with zero attached hydrogens (tertiary/aromatic N) is 1. The van der Waals surface area contributed by atoms with E-state index < -0.39 is 0 Å². The quantitative estimate of drug-likeness (QED) is 0.439. The van der Waals surface area contributed by atoms with Crippen LogP contribution in [0.5, 0.6) is 0 Å². The van der Waals surface area contributed by atoms with E-state index in [0.717, 1.165) is 0 Å². The van der Waals surface area contributed by atoms with Crippen LogP contribution >= 0.6 is 22.7 Å². The van der Waals surface area contributed by atoms with Crippen LogP contribution in [0.4, 0.5) is 0 Å². The molecule has 0 aliphatic carbocycles. The van der Waals surface area contributed by atoms with Gasteiger partial charge in [0.25, 0.3) is 0 Å². The minimum Gasteiger partial charge on any atom is -0.200 e. The lowest BCUT2D eigenvalue weighted by Gasteiger charge is -2.05. The molecular weight excluding hydrogens is 282 g/mol. The first kappa shape index (κ1) is 12.1. The number of hydrogen-bond acceptors (Lipinski definition) is 2. The van der Waals surface area contributed by atoms with E-state index in [9.17, 15) is 0 Å². The molecule has 0 N–H and O–H groups in total. The zero-order valence-corrected chi connectivity index (χ0v) is 13.0. The van der Waals surface area contributed by atoms with Gasteiger partial charge in [-0.15, -0.1) is 22.7 Å². The minimum absolute atomic E-state index is 1.32. The first-order valence-electron chi connectivity index (χ1n) is 6.60. The first-order chi connectivity index (χ1) is 9.75. The van der Waals surface area contributed by atoms with Crippen LogP contribution in [0.2, 0.25) is 0 Å². The predicted molar refractivity (Wildman–Crippen MR) is 88.6 cm³/mol. The molecule has 0 spiro atoms. The molecule has 4 rings (SSSR count). The third-order valence-electron chi connectivity index (χ3n) is 3.79. The number of rotatable bonds is 1. The minimum atomic E-state index is 1.32. The molecule has 1 nitrogen and oxygen atoms in total. The Hall–Kier alpha value is -1.71. The van der Waals surface area contributed by atoms with E-state index in [0.29, 0.717) is 0 Å². The van der Waals surface area contributed by atoms with Crippen LogP contribution in [0.1, 0.15) is 5.56 Å². The summed E-state index contributed by atoms with van der Waals surface area (Å²) in [5, 5.41) is 4.98. The van der Waals surface area contributed by atoms with E-state index in [1.165, 1.54) is 36.3 Å². The molecule has 20 heavy (non-hydrogen) atoms. The van der Waals surface area contributed by atoms with E-state index in [4.69, 9.17) is 0 Å². The summed E-state index contributed by atoms with van der Waals surface area (Å²) in [6.45, 7) is 2.19. The van der Waals surface area contributed by atoms with Gasteiger partial charge in [0.15, 0.2) is 6.20 Å². The Morgan fingerprint density at radius 2 is 1.90 bits per heavy atom. The fraction of sp³-hybridized carbons (Fsp3) is 0.118. The summed E-state index contributed by atoms with van der Waals surface area (Å²) in [6.07, 6.45) is 2.17. The molecule has 98 valence electrons. The van der Waals surface area contributed by atoms with Crippen molar-refractivity contribution in [3.05, 3.63) is 53.5 Å². The summed E-state index contributed by atoms with van der Waals surface area (Å²) in [5.41, 5.74) is 3.97. The van der Waals surface area contributed by atoms with E-state index in [2.05, 4.69) is 66.5 Å². The van der Waals surface area contributed by atoms with E-state index >= 15 is 0 Å². The summed E-state index contributed by atoms with van der Waals surface area (Å²) in [6, 6.07) is 13.1. The summed E-state index contributed by atoms with van der Waals surface area (Å²) in [7, 11) is 2.14. The zero-order valence-electron chi connectivity index (χ0n) is 11.4. The van der Waals surface area contributed by atoms with E-state index in [-0.39, 0.29) is 0 Å². The molecule has 3 heterocycles. The average molecular weight is 296 g/mol. The van der Waals surface area contributed by atoms with Crippen molar-refractivity contribution in [2.45, 2.75) is 6.92 Å². The lowest BCUT2D eigenvalue weighted by Crippen LogP contribution is -2.30. The highest BCUT2D eigenvalue weighted by atomic mass is 32.2. The second-order valence-corrected chi connectivity index (χ2v) is 7.28. The first-order valence-corrected chi connectivity index (χ1v) is 8.29. The maximum Gasteiger partial charge on any atom is 0.221 e. The van der Waals surface area contributed by atoms with Gasteiger partial charge < -0.3 is 0 Å². The van der Waals surface area contributed by atoms with Crippen molar-refractivity contribution in [1.29, 1.82) is 0 Å². The number of fused-ring (bicyclic) bond motifs is 3. The molecule has 0 amide bonds. The lowest BCUT2D eigenvalue weighted by atomic mass is 10.0. The number of aryl methyl sites for hydroxylation is 2. The van der Waals surface area contributed by atoms with Crippen LogP contribution in [-0.2, 0) is 7.05 Å². The smallest absolute Gasteiger partial charge is 0.200 e. The molecular formula is C17H14NS2+. The van der Waals surface area contributed by atoms with Crippen LogP contribution < -0.4 is 4.57 Å². The van der Waals surface area contributed by atoms with Gasteiger partial charge in [-0.2, -0.15) is 0 Å². The third-order valence-corrected chi connectivity index (χ3v) is 6.00. The molecule has 3 heteroatoms. The number of benzene rings is 1. The molecule has 0 aliphatic rings. The van der Waals surface area contributed by atoms with Crippen molar-refractivity contribution in [2.24, 2.45) is 7.05 Å². The molecule has 1 aromatic carbocycles. The zero-order chi connectivity index (χ0) is 13.7. The van der Waals surface area contributed by atoms with E-state index in [1.807, 2.05) is 22.7 Å². The highest BCUT2D eigenvalue weighted by molar-refractivity contribution is 7.41. The fourth-order valence-electron chi connectivity index (χ4n) is 2.80. The Labute approximate surface area is 125 Å². The van der Waals surface area contributed by atoms with Gasteiger partial charge in [0.05, 0.1) is 9.40 Å². The van der Waals surface area contributed by atoms with E-state index in [1.54, 1.807) is 0 Å². The van der Waals surface area contributed by atoms with Crippen LogP contribution in [0.15, 0.2) is 48.0 Å². The van der Waals surface area contributed by atoms with Gasteiger partial charge in [0, 0.05) is 21.7 Å². The topological polar surface area (TPSA) is 3.88 Å². The largest absolute Gasteiger partial charge is 0.221 e. The maximum atomic E-state index is 2.25. The Morgan fingerprint density at radius 3 is 2.75 bits per heavy atom. The Bertz CT molecular complexity index is 931. The third kappa shape index (κ3) is 1.63. The second kappa shape index (κ2) is 4.40. The molecule has 0 saturated carbocycles. The highest BCUT2D eigenvalue weighted by Crippen LogP contribution is 2.41. The molecule has 3 aromatic heterocycles. The fourth-order valence-corrected chi connectivity index (χ4v) is 4.97. The standard InChI is InChI=1S/C17H14NS2/c1-11-5-3-4-6-12(11)16-15-13-8-10-19-17(13)20-14(15)7-9-18(16)2/h3-10H,1-2H3/q+1. The lowest BCUT2D eigenvalue weighted by molar-refractivity contribution is -0.659. The van der Waals surface area contributed by atoms with Gasteiger partial charge in [-0.05, 0) is 30.0 Å². The number of hydrogen-bond donors (Lipinski definition) is 0. The second-order valence-electron chi connectivity index (χ2n) is 5.05. The van der Waals surface area contributed by atoms with Crippen LogP contribution in [0.3, 0.4) is 0 Å². The predicted octanol–water partition coefficient (Wildman–Crippen LogP) is 4.92. The Balaban J connectivity index is 2.22. The van der Waals surface area contributed by atoms with Crippen LogP contribution in [0.25, 0.3) is 30.7 Å². The molecule has 0 atom stereocenters. The van der Waals surface area contributed by atoms with Crippen molar-refractivity contribution in [3.63, 3.8) is 0 Å². The van der Waals surface area contributed by atoms with Gasteiger partial charge in [-0.3, -0.25) is 0 Å². The van der Waals surface area contributed by atoms with Gasteiger partial charge in [-0.25, -0.2) is 4.57 Å². The van der Waals surface area contributed by atoms with Gasteiger partial charge in [-0.1, -0.05) is 18.2 Å². The van der Waals surface area contributed by atoms with Crippen LogP contribution in [-0.4, -0.2) is 0 Å². The van der Waals surface area contributed by atoms with Gasteiger partial charge in [0.2, 0.25) is 5.69 Å². The molecule has 0 unspecified atom stereocenters. The monoisotopic (exact) mass is 296 g/mol. The summed E-state index contributed by atoms with van der Waals surface area (Å²) in [4.78, 5) is 0. The molecule has 0 fully saturated rings.